The maximum absolute atomic E-state index is 12.6. The van der Waals surface area contributed by atoms with Crippen LogP contribution in [0.3, 0.4) is 0 Å². The van der Waals surface area contributed by atoms with E-state index < -0.39 is 48.7 Å². The Bertz CT molecular complexity index is 1150. The van der Waals surface area contributed by atoms with Crippen LogP contribution >= 0.6 is 11.8 Å². The smallest absolute Gasteiger partial charge is 0.410 e. The number of benzene rings is 2. The van der Waals surface area contributed by atoms with Crippen molar-refractivity contribution in [1.82, 2.24) is 4.90 Å². The van der Waals surface area contributed by atoms with E-state index in [4.69, 9.17) is 14.2 Å². The summed E-state index contributed by atoms with van der Waals surface area (Å²) in [4.78, 5) is 37.4. The van der Waals surface area contributed by atoms with Gasteiger partial charge in [-0.1, -0.05) is 36.4 Å². The number of nitrogens with zero attached hydrogens (tertiary/aromatic N) is 1. The monoisotopic (exact) mass is 578 g/mol. The van der Waals surface area contributed by atoms with Crippen molar-refractivity contribution in [3.8, 4) is 5.75 Å². The summed E-state index contributed by atoms with van der Waals surface area (Å²) < 4.78 is 16.2. The minimum absolute atomic E-state index is 0.00736. The first-order valence-corrected chi connectivity index (χ1v) is 13.8. The van der Waals surface area contributed by atoms with Crippen LogP contribution in [0.15, 0.2) is 48.5 Å². The maximum atomic E-state index is 12.6. The molecule has 1 aliphatic rings. The second kappa shape index (κ2) is 14.9. The van der Waals surface area contributed by atoms with Crippen LogP contribution in [-0.2, 0) is 32.1 Å². The summed E-state index contributed by atoms with van der Waals surface area (Å²) in [6.45, 7) is 3.47. The standard InChI is InChI=1S/C27H34N2O10S/c1-3-29(15-40-12-11-17-7-5-4-6-8-17)27(36)37-14-18-9-10-20(19(13-18)28-16(2)30)38-26-23(33)21(31)22(32)24(39-26)25(34)35/h4-10,13,21-24,26,31-33H,3,11-12,14-15H2,1-2H3,(H,28,30)(H,34,35)/t21-,22?,23-,24?,26?/m0/s1. The van der Waals surface area contributed by atoms with Gasteiger partial charge in [0.25, 0.3) is 0 Å². The van der Waals surface area contributed by atoms with Gasteiger partial charge in [0.15, 0.2) is 6.10 Å². The number of aryl methyl sites for hydroxylation is 1. The Labute approximate surface area is 235 Å². The van der Waals surface area contributed by atoms with Gasteiger partial charge >= 0.3 is 12.1 Å². The fourth-order valence-electron chi connectivity index (χ4n) is 3.85. The van der Waals surface area contributed by atoms with Gasteiger partial charge in [-0.3, -0.25) is 9.69 Å². The molecule has 0 bridgehead atoms. The molecule has 1 saturated heterocycles. The summed E-state index contributed by atoms with van der Waals surface area (Å²) in [7, 11) is 0. The predicted molar refractivity (Wildman–Crippen MR) is 146 cm³/mol. The van der Waals surface area contributed by atoms with Crippen LogP contribution in [0.2, 0.25) is 0 Å². The number of nitrogens with one attached hydrogen (secondary N) is 1. The van der Waals surface area contributed by atoms with Crippen molar-refractivity contribution in [2.24, 2.45) is 0 Å². The number of carboxylic acid groups (broad SMARTS) is 1. The van der Waals surface area contributed by atoms with E-state index in [2.05, 4.69) is 17.4 Å². The molecule has 2 aromatic carbocycles. The Morgan fingerprint density at radius 2 is 1.75 bits per heavy atom. The number of amides is 2. The molecular weight excluding hydrogens is 544 g/mol. The number of carbonyl (C=O) groups is 3. The third-order valence-corrected chi connectivity index (χ3v) is 7.03. The van der Waals surface area contributed by atoms with Crippen molar-refractivity contribution >= 4 is 35.4 Å². The number of aliphatic hydroxyl groups is 3. The van der Waals surface area contributed by atoms with Crippen molar-refractivity contribution in [3.63, 3.8) is 0 Å². The molecule has 3 unspecified atom stereocenters. The Kier molecular flexibility index (Phi) is 11.6. The largest absolute Gasteiger partial charge is 0.479 e. The van der Waals surface area contributed by atoms with Crippen LogP contribution < -0.4 is 10.1 Å². The zero-order chi connectivity index (χ0) is 29.2. The molecule has 5 atom stereocenters. The van der Waals surface area contributed by atoms with Gasteiger partial charge in [-0.05, 0) is 42.4 Å². The average molecular weight is 579 g/mol. The van der Waals surface area contributed by atoms with Crippen molar-refractivity contribution < 1.29 is 49.0 Å². The minimum atomic E-state index is -1.87. The van der Waals surface area contributed by atoms with E-state index in [-0.39, 0.29) is 18.0 Å². The van der Waals surface area contributed by atoms with E-state index in [9.17, 15) is 34.8 Å². The molecule has 5 N–H and O–H groups in total. The maximum Gasteiger partial charge on any atom is 0.410 e. The van der Waals surface area contributed by atoms with E-state index >= 15 is 0 Å². The quantitative estimate of drug-likeness (QED) is 0.183. The van der Waals surface area contributed by atoms with E-state index in [0.717, 1.165) is 12.2 Å². The highest BCUT2D eigenvalue weighted by Crippen LogP contribution is 2.31. The van der Waals surface area contributed by atoms with Crippen molar-refractivity contribution in [1.29, 1.82) is 0 Å². The average Bonchev–Trinajstić information content (AvgIpc) is 2.93. The van der Waals surface area contributed by atoms with Gasteiger partial charge in [0.2, 0.25) is 12.2 Å². The normalized spacial score (nSPS) is 22.3. The van der Waals surface area contributed by atoms with Crippen molar-refractivity contribution in [2.45, 2.75) is 57.6 Å². The van der Waals surface area contributed by atoms with Crippen LogP contribution in [-0.4, -0.2) is 92.2 Å². The van der Waals surface area contributed by atoms with Crippen LogP contribution in [0, 0.1) is 0 Å². The molecule has 3 rings (SSSR count). The Hall–Kier alpha value is -3.36. The number of carboxylic acids is 1. The van der Waals surface area contributed by atoms with Crippen LogP contribution in [0.4, 0.5) is 10.5 Å². The number of aliphatic carboxylic acids is 1. The Morgan fingerprint density at radius 3 is 2.40 bits per heavy atom. The van der Waals surface area contributed by atoms with Crippen LogP contribution in [0.25, 0.3) is 0 Å². The molecule has 12 nitrogen and oxygen atoms in total. The first kappa shape index (κ1) is 31.2. The zero-order valence-electron chi connectivity index (χ0n) is 22.1. The summed E-state index contributed by atoms with van der Waals surface area (Å²) in [6.07, 6.45) is -8.61. The fraction of sp³-hybridized carbons (Fsp3) is 0.444. The van der Waals surface area contributed by atoms with Gasteiger partial charge in [0, 0.05) is 13.5 Å². The molecule has 13 heteroatoms. The molecule has 0 saturated carbocycles. The fourth-order valence-corrected chi connectivity index (χ4v) is 4.87. The molecule has 0 aromatic heterocycles. The first-order chi connectivity index (χ1) is 19.1. The third kappa shape index (κ3) is 8.57. The first-order valence-electron chi connectivity index (χ1n) is 12.6. The summed E-state index contributed by atoms with van der Waals surface area (Å²) in [5, 5.41) is 41.9. The summed E-state index contributed by atoms with van der Waals surface area (Å²) >= 11 is 1.62. The number of ether oxygens (including phenoxy) is 3. The second-order valence-electron chi connectivity index (χ2n) is 9.05. The summed E-state index contributed by atoms with van der Waals surface area (Å²) in [5.41, 5.74) is 1.87. The topological polar surface area (TPSA) is 175 Å². The number of hydrogen-bond donors (Lipinski definition) is 5. The Morgan fingerprint density at radius 1 is 1.02 bits per heavy atom. The SMILES string of the molecule is CCN(CSCCc1ccccc1)C(=O)OCc1ccc(OC2OC(C(=O)O)C(O)[C@H](O)[C@@H]2O)c(NC(C)=O)c1. The van der Waals surface area contributed by atoms with Gasteiger partial charge in [-0.25, -0.2) is 9.59 Å². The minimum Gasteiger partial charge on any atom is -0.479 e. The lowest BCUT2D eigenvalue weighted by Crippen LogP contribution is -2.61. The van der Waals surface area contributed by atoms with E-state index in [0.29, 0.717) is 18.0 Å². The number of carbonyl (C=O) groups excluding carboxylic acids is 2. The number of anilines is 1. The third-order valence-electron chi connectivity index (χ3n) is 6.04. The lowest BCUT2D eigenvalue weighted by Gasteiger charge is -2.38. The summed E-state index contributed by atoms with van der Waals surface area (Å²) in [5.74, 6) is -0.701. The van der Waals surface area contributed by atoms with Crippen LogP contribution in [0.1, 0.15) is 25.0 Å². The highest BCUT2D eigenvalue weighted by atomic mass is 32.2. The van der Waals surface area contributed by atoms with Crippen molar-refractivity contribution in [2.75, 3.05) is 23.5 Å². The molecule has 0 spiro atoms. The van der Waals surface area contributed by atoms with Gasteiger partial charge in [0.05, 0.1) is 11.6 Å². The molecule has 1 aliphatic heterocycles. The molecule has 1 heterocycles. The molecule has 2 amide bonds. The van der Waals surface area contributed by atoms with Crippen LogP contribution in [0.5, 0.6) is 5.75 Å². The highest BCUT2D eigenvalue weighted by molar-refractivity contribution is 7.99. The van der Waals surface area contributed by atoms with Gasteiger partial charge < -0.3 is 40.0 Å². The molecule has 2 aromatic rings. The van der Waals surface area contributed by atoms with Gasteiger partial charge in [-0.15, -0.1) is 11.8 Å². The zero-order valence-corrected chi connectivity index (χ0v) is 23.0. The van der Waals surface area contributed by atoms with Gasteiger partial charge in [-0.2, -0.15) is 0 Å². The van der Waals surface area contributed by atoms with E-state index in [1.54, 1.807) is 22.7 Å². The number of rotatable bonds is 12. The second-order valence-corrected chi connectivity index (χ2v) is 10.1. The molecule has 40 heavy (non-hydrogen) atoms. The van der Waals surface area contributed by atoms with E-state index in [1.807, 2.05) is 25.1 Å². The Balaban J connectivity index is 1.60. The molecule has 0 aliphatic carbocycles. The predicted octanol–water partition coefficient (Wildman–Crippen LogP) is 1.81. The number of hydrogen-bond acceptors (Lipinski definition) is 10. The number of aliphatic hydroxyl groups excluding tert-OH is 3. The highest BCUT2D eigenvalue weighted by Gasteiger charge is 2.48. The van der Waals surface area contributed by atoms with Crippen molar-refractivity contribution in [3.05, 3.63) is 59.7 Å². The molecule has 218 valence electrons. The molecule has 0 radical (unpaired) electrons. The number of thioether (sulfide) groups is 1. The lowest BCUT2D eigenvalue weighted by molar-refractivity contribution is -0.271. The molecular formula is C27H34N2O10S. The summed E-state index contributed by atoms with van der Waals surface area (Å²) in [6, 6.07) is 14.5. The van der Waals surface area contributed by atoms with Gasteiger partial charge in [0.1, 0.15) is 30.7 Å². The lowest BCUT2D eigenvalue weighted by atomic mass is 9.99. The van der Waals surface area contributed by atoms with E-state index in [1.165, 1.54) is 24.6 Å². The molecule has 1 fully saturated rings.